The quantitative estimate of drug-likeness (QED) is 0.199. The first-order valence-corrected chi connectivity index (χ1v) is 14.8. The molecule has 0 unspecified atom stereocenters. The van der Waals surface area contributed by atoms with Gasteiger partial charge in [-0.05, 0) is 104 Å². The van der Waals surface area contributed by atoms with Gasteiger partial charge in [0.2, 0.25) is 0 Å². The van der Waals surface area contributed by atoms with Crippen molar-refractivity contribution in [2.75, 3.05) is 0 Å². The zero-order chi connectivity index (χ0) is 29.2. The van der Waals surface area contributed by atoms with Crippen LogP contribution >= 0.6 is 0 Å². The van der Waals surface area contributed by atoms with Gasteiger partial charge < -0.3 is 4.42 Å². The summed E-state index contributed by atoms with van der Waals surface area (Å²) in [6.45, 7) is 8.55. The molecule has 208 valence electrons. The minimum absolute atomic E-state index is 0.0408. The predicted octanol–water partition coefficient (Wildman–Crippen LogP) is 9.85. The normalized spacial score (nSPS) is 13.3. The van der Waals surface area contributed by atoms with Gasteiger partial charge in [0.25, 0.3) is 0 Å². The highest BCUT2D eigenvalue weighted by molar-refractivity contribution is 6.08. The fraction of sp³-hybridized carbons (Fsp3) is 0.128. The molecule has 43 heavy (non-hydrogen) atoms. The highest BCUT2D eigenvalue weighted by Crippen LogP contribution is 2.46. The summed E-state index contributed by atoms with van der Waals surface area (Å²) < 4.78 is 8.23. The lowest BCUT2D eigenvalue weighted by Crippen LogP contribution is -1.94. The van der Waals surface area contributed by atoms with Crippen LogP contribution < -0.4 is 0 Å². The Morgan fingerprint density at radius 1 is 0.605 bits per heavy atom. The van der Waals surface area contributed by atoms with E-state index < -0.39 is 0 Å². The molecule has 1 aliphatic carbocycles. The summed E-state index contributed by atoms with van der Waals surface area (Å²) in [4.78, 5) is 5.04. The number of rotatable bonds is 4. The van der Waals surface area contributed by atoms with Gasteiger partial charge in [-0.15, -0.1) is 0 Å². The number of aliphatic imine (C=N–C) groups is 1. The maximum Gasteiger partial charge on any atom is 0.146 e. The second kappa shape index (κ2) is 9.67. The molecule has 0 saturated heterocycles. The summed E-state index contributed by atoms with van der Waals surface area (Å²) in [7, 11) is 0. The number of aromatic nitrogens is 1. The molecule has 0 atom stereocenters. The average Bonchev–Trinajstić information content (AvgIpc) is 3.63. The van der Waals surface area contributed by atoms with Gasteiger partial charge in [-0.1, -0.05) is 70.8 Å². The Morgan fingerprint density at radius 2 is 1.19 bits per heavy atom. The third kappa shape index (κ3) is 4.29. The Morgan fingerprint density at radius 3 is 1.81 bits per heavy atom. The third-order valence-electron chi connectivity index (χ3n) is 8.58. The molecule has 2 aromatic heterocycles. The van der Waals surface area contributed by atoms with Gasteiger partial charge >= 0.3 is 0 Å². The fourth-order valence-corrected chi connectivity index (χ4v) is 6.47. The first-order valence-electron chi connectivity index (χ1n) is 14.8. The molecule has 5 aromatic carbocycles. The van der Waals surface area contributed by atoms with Crippen molar-refractivity contribution in [3.8, 4) is 11.1 Å². The van der Waals surface area contributed by atoms with Crippen LogP contribution in [0.15, 0.2) is 112 Å². The van der Waals surface area contributed by atoms with Crippen LogP contribution in [0.3, 0.4) is 0 Å². The Bertz CT molecular complexity index is 2190. The Kier molecular flexibility index (Phi) is 5.73. The molecule has 0 bridgehead atoms. The molecule has 0 aliphatic heterocycles. The van der Waals surface area contributed by atoms with Crippen molar-refractivity contribution in [1.82, 2.24) is 4.68 Å². The average molecular weight is 558 g/mol. The molecule has 4 heteroatoms. The minimum Gasteiger partial charge on any atom is -0.455 e. The van der Waals surface area contributed by atoms with Crippen molar-refractivity contribution >= 4 is 45.2 Å². The van der Waals surface area contributed by atoms with Crippen molar-refractivity contribution in [2.24, 2.45) is 10.1 Å². The number of hydrogen-bond acceptors (Lipinski definition) is 3. The summed E-state index contributed by atoms with van der Waals surface area (Å²) in [5.74, 6) is 0.742. The minimum atomic E-state index is -0.0408. The molecular weight excluding hydrogens is 526 g/mol. The van der Waals surface area contributed by atoms with E-state index in [1.807, 2.05) is 29.2 Å². The molecule has 7 aromatic rings. The molecule has 2 heterocycles. The van der Waals surface area contributed by atoms with Gasteiger partial charge in [0.1, 0.15) is 17.4 Å². The van der Waals surface area contributed by atoms with E-state index in [0.29, 0.717) is 0 Å². The second-order valence-corrected chi connectivity index (χ2v) is 11.9. The van der Waals surface area contributed by atoms with E-state index in [9.17, 15) is 0 Å². The largest absolute Gasteiger partial charge is 0.455 e. The number of aryl methyl sites for hydroxylation is 4. The molecule has 0 saturated carbocycles. The van der Waals surface area contributed by atoms with E-state index in [2.05, 4.69) is 113 Å². The van der Waals surface area contributed by atoms with Gasteiger partial charge in [-0.2, -0.15) is 5.10 Å². The zero-order valence-electron chi connectivity index (χ0n) is 24.7. The van der Waals surface area contributed by atoms with Crippen molar-refractivity contribution in [2.45, 2.75) is 33.7 Å². The molecule has 8 rings (SSSR count). The fourth-order valence-electron chi connectivity index (χ4n) is 6.47. The molecular formula is C39H31N3O. The zero-order valence-corrected chi connectivity index (χ0v) is 24.7. The Hall–Kier alpha value is -5.22. The summed E-state index contributed by atoms with van der Waals surface area (Å²) >= 11 is 0. The van der Waals surface area contributed by atoms with Gasteiger partial charge in [0.15, 0.2) is 0 Å². The van der Waals surface area contributed by atoms with Crippen LogP contribution in [-0.2, 0) is 0 Å². The lowest BCUT2D eigenvalue weighted by Gasteiger charge is -2.08. The van der Waals surface area contributed by atoms with Crippen molar-refractivity contribution in [1.29, 1.82) is 0 Å². The summed E-state index contributed by atoms with van der Waals surface area (Å²) in [5.41, 5.74) is 14.1. The molecule has 0 N–H and O–H groups in total. The number of fused-ring (bicyclic) bond motifs is 7. The standard InChI is InChI=1S/C39H31N3O/c1-23-5-10-30-32(15-23)33-16-24(2)6-11-31(33)39(30)40-22-29-20-28-19-27(9-14-38(28)43-29)21-41-42-36-12-7-25(3)17-34(36)35-18-26(4)8-13-37(35)42/h5-22,39H,1-4H3. The first-order chi connectivity index (χ1) is 20.9. The van der Waals surface area contributed by atoms with E-state index in [4.69, 9.17) is 14.5 Å². The van der Waals surface area contributed by atoms with E-state index in [1.54, 1.807) is 0 Å². The first kappa shape index (κ1) is 25.5. The summed E-state index contributed by atoms with van der Waals surface area (Å²) in [6.07, 6.45) is 3.80. The molecule has 0 amide bonds. The molecule has 0 fully saturated rings. The summed E-state index contributed by atoms with van der Waals surface area (Å²) in [5, 5.41) is 8.42. The molecule has 0 spiro atoms. The van der Waals surface area contributed by atoms with Crippen molar-refractivity contribution in [3.05, 3.63) is 142 Å². The lowest BCUT2D eigenvalue weighted by atomic mass is 10.0. The van der Waals surface area contributed by atoms with Gasteiger partial charge in [0, 0.05) is 16.2 Å². The molecule has 0 radical (unpaired) electrons. The highest BCUT2D eigenvalue weighted by Gasteiger charge is 2.28. The number of nitrogens with zero attached hydrogens (tertiary/aromatic N) is 3. The van der Waals surface area contributed by atoms with Gasteiger partial charge in [-0.25, -0.2) is 4.68 Å². The van der Waals surface area contributed by atoms with Gasteiger partial charge in [0.05, 0.1) is 23.5 Å². The van der Waals surface area contributed by atoms with Crippen LogP contribution in [0.2, 0.25) is 0 Å². The van der Waals surface area contributed by atoms with Crippen LogP contribution in [0, 0.1) is 27.7 Å². The topological polar surface area (TPSA) is 42.8 Å². The molecule has 1 aliphatic rings. The maximum atomic E-state index is 6.19. The third-order valence-corrected chi connectivity index (χ3v) is 8.58. The van der Waals surface area contributed by atoms with Crippen molar-refractivity contribution in [3.63, 3.8) is 0 Å². The SMILES string of the molecule is Cc1ccc2c(c1)-c1cc(C)ccc1C2N=Cc1cc2cc(C=Nn3c4ccc(C)cc4c4cc(C)ccc43)ccc2o1. The van der Waals surface area contributed by atoms with Crippen LogP contribution in [0.4, 0.5) is 0 Å². The predicted molar refractivity (Wildman–Crippen MR) is 179 cm³/mol. The Balaban J connectivity index is 1.12. The number of hydrogen-bond donors (Lipinski definition) is 0. The monoisotopic (exact) mass is 557 g/mol. The van der Waals surface area contributed by atoms with E-state index in [-0.39, 0.29) is 6.04 Å². The summed E-state index contributed by atoms with van der Waals surface area (Å²) in [6, 6.07) is 34.6. The molecule has 4 nitrogen and oxygen atoms in total. The van der Waals surface area contributed by atoms with Gasteiger partial charge in [-0.3, -0.25) is 4.99 Å². The van der Waals surface area contributed by atoms with Crippen LogP contribution in [0.1, 0.15) is 50.7 Å². The second-order valence-electron chi connectivity index (χ2n) is 11.9. The smallest absolute Gasteiger partial charge is 0.146 e. The Labute approximate surface area is 250 Å². The lowest BCUT2D eigenvalue weighted by molar-refractivity contribution is 0.607. The maximum absolute atomic E-state index is 6.19. The number of benzene rings is 5. The van der Waals surface area contributed by atoms with Crippen LogP contribution in [0.25, 0.3) is 43.9 Å². The van der Waals surface area contributed by atoms with Crippen LogP contribution in [0.5, 0.6) is 0 Å². The van der Waals surface area contributed by atoms with E-state index in [0.717, 1.165) is 33.3 Å². The van der Waals surface area contributed by atoms with Crippen LogP contribution in [-0.4, -0.2) is 17.1 Å². The van der Waals surface area contributed by atoms with Crippen molar-refractivity contribution < 1.29 is 4.42 Å². The highest BCUT2D eigenvalue weighted by atomic mass is 16.3. The number of furan rings is 1. The van der Waals surface area contributed by atoms with E-state index >= 15 is 0 Å². The van der Waals surface area contributed by atoms with E-state index in [1.165, 1.54) is 55.3 Å².